The highest BCUT2D eigenvalue weighted by Gasteiger charge is 2.46. The quantitative estimate of drug-likeness (QED) is 0.741. The summed E-state index contributed by atoms with van der Waals surface area (Å²) in [5.74, 6) is 0. The Bertz CT molecular complexity index is 383. The van der Waals surface area contributed by atoms with E-state index in [4.69, 9.17) is 0 Å². The van der Waals surface area contributed by atoms with E-state index in [1.165, 1.54) is 12.5 Å². The third-order valence-corrected chi connectivity index (χ3v) is 4.04. The fourth-order valence-electron chi connectivity index (χ4n) is 2.39. The van der Waals surface area contributed by atoms with Gasteiger partial charge in [-0.25, -0.2) is 0 Å². The molecule has 0 bridgehead atoms. The highest BCUT2D eigenvalue weighted by atomic mass is 19.4. The molecule has 0 saturated carbocycles. The molecule has 0 spiro atoms. The molecule has 0 radical (unpaired) electrons. The van der Waals surface area contributed by atoms with E-state index in [1.54, 1.807) is 0 Å². The molecule has 2 rings (SSSR count). The third-order valence-electron chi connectivity index (χ3n) is 4.04. The summed E-state index contributed by atoms with van der Waals surface area (Å²) < 4.78 is 38.8. The van der Waals surface area contributed by atoms with Gasteiger partial charge in [-0.05, 0) is 18.7 Å². The van der Waals surface area contributed by atoms with Crippen LogP contribution in [0.25, 0.3) is 0 Å². The summed E-state index contributed by atoms with van der Waals surface area (Å²) in [5.41, 5.74) is 1.17. The van der Waals surface area contributed by atoms with Crippen molar-refractivity contribution in [1.82, 2.24) is 4.90 Å². The second kappa shape index (κ2) is 4.96. The lowest BCUT2D eigenvalue weighted by Gasteiger charge is -2.45. The van der Waals surface area contributed by atoms with E-state index >= 15 is 0 Å². The lowest BCUT2D eigenvalue weighted by molar-refractivity contribution is 0.168. The molecule has 0 amide bonds. The molecule has 5 heteroatoms. The summed E-state index contributed by atoms with van der Waals surface area (Å²) in [4.78, 5) is 2.11. The number of benzene rings is 1. The van der Waals surface area contributed by atoms with Crippen LogP contribution in [0.1, 0.15) is 25.3 Å². The molecule has 1 heterocycles. The van der Waals surface area contributed by atoms with Crippen molar-refractivity contribution >= 4 is 6.98 Å². The first-order valence-electron chi connectivity index (χ1n) is 6.36. The van der Waals surface area contributed by atoms with E-state index < -0.39 is 12.3 Å². The Morgan fingerprint density at radius 2 is 1.67 bits per heavy atom. The predicted molar refractivity (Wildman–Crippen MR) is 68.4 cm³/mol. The largest absolute Gasteiger partial charge is 0.484 e. The van der Waals surface area contributed by atoms with Gasteiger partial charge in [-0.1, -0.05) is 55.4 Å². The van der Waals surface area contributed by atoms with Crippen molar-refractivity contribution in [1.29, 1.82) is 0 Å². The second-order valence-corrected chi connectivity index (χ2v) is 5.49. The summed E-state index contributed by atoms with van der Waals surface area (Å²) in [6.07, 6.45) is 0.451. The van der Waals surface area contributed by atoms with Gasteiger partial charge in [0.1, 0.15) is 0 Å². The van der Waals surface area contributed by atoms with E-state index in [0.717, 1.165) is 6.54 Å². The fraction of sp³-hybridized carbons (Fsp3) is 0.538. The normalized spacial score (nSPS) is 20.9. The number of hydrogen-bond acceptors (Lipinski definition) is 1. The van der Waals surface area contributed by atoms with Gasteiger partial charge in [-0.15, -0.1) is 0 Å². The standard InChI is InChI=1S/C13H18BF3N/c1-13(14(15,16)17)7-9-18(10-8-13)11-12-5-3-2-4-6-12/h2-6H,7-11H2,1H3/q-1. The number of piperidine rings is 1. The Morgan fingerprint density at radius 3 is 2.17 bits per heavy atom. The van der Waals surface area contributed by atoms with Crippen LogP contribution >= 0.6 is 0 Å². The van der Waals surface area contributed by atoms with E-state index in [0.29, 0.717) is 13.1 Å². The van der Waals surface area contributed by atoms with Crippen LogP contribution < -0.4 is 0 Å². The molecule has 1 aromatic carbocycles. The van der Waals surface area contributed by atoms with Crippen LogP contribution in [0.5, 0.6) is 0 Å². The SMILES string of the molecule is CC1([B-](F)(F)F)CCN(Cc2ccccc2)CC1. The minimum Gasteiger partial charge on any atom is -0.449 e. The Kier molecular flexibility index (Phi) is 3.71. The van der Waals surface area contributed by atoms with Crippen molar-refractivity contribution in [2.75, 3.05) is 13.1 Å². The molecule has 100 valence electrons. The van der Waals surface area contributed by atoms with E-state index in [-0.39, 0.29) is 12.8 Å². The Balaban J connectivity index is 1.91. The van der Waals surface area contributed by atoms with Crippen LogP contribution in [-0.4, -0.2) is 25.0 Å². The summed E-state index contributed by atoms with van der Waals surface area (Å²) in [6.45, 7) is -1.54. The second-order valence-electron chi connectivity index (χ2n) is 5.49. The zero-order chi connectivity index (χ0) is 13.2. The van der Waals surface area contributed by atoms with Crippen LogP contribution in [0.15, 0.2) is 30.3 Å². The molecule has 1 aliphatic rings. The van der Waals surface area contributed by atoms with Crippen molar-refractivity contribution < 1.29 is 12.9 Å². The number of likely N-dealkylation sites (tertiary alicyclic amines) is 1. The zero-order valence-electron chi connectivity index (χ0n) is 10.6. The van der Waals surface area contributed by atoms with Crippen LogP contribution in [0.2, 0.25) is 5.31 Å². The van der Waals surface area contributed by atoms with Gasteiger partial charge in [0, 0.05) is 6.54 Å². The van der Waals surface area contributed by atoms with Crippen molar-refractivity contribution in [3.63, 3.8) is 0 Å². The molecule has 0 atom stereocenters. The van der Waals surface area contributed by atoms with Crippen LogP contribution in [0.4, 0.5) is 12.9 Å². The zero-order valence-corrected chi connectivity index (χ0v) is 10.6. The Morgan fingerprint density at radius 1 is 1.11 bits per heavy atom. The lowest BCUT2D eigenvalue weighted by atomic mass is 9.54. The minimum atomic E-state index is -4.73. The molecular formula is C13H18BF3N-. The molecule has 18 heavy (non-hydrogen) atoms. The van der Waals surface area contributed by atoms with Gasteiger partial charge in [-0.2, -0.15) is 0 Å². The predicted octanol–water partition coefficient (Wildman–Crippen LogP) is 3.89. The number of hydrogen-bond donors (Lipinski definition) is 0. The fourth-order valence-corrected chi connectivity index (χ4v) is 2.39. The number of halogens is 3. The molecule has 1 aliphatic heterocycles. The number of nitrogens with zero attached hydrogens (tertiary/aromatic N) is 1. The van der Waals surface area contributed by atoms with E-state index in [9.17, 15) is 12.9 Å². The summed E-state index contributed by atoms with van der Waals surface area (Å²) >= 11 is 0. The Hall–Kier alpha value is -0.965. The van der Waals surface area contributed by atoms with Gasteiger partial charge in [0.15, 0.2) is 0 Å². The molecule has 1 saturated heterocycles. The average molecular weight is 256 g/mol. The van der Waals surface area contributed by atoms with Crippen molar-refractivity contribution in [2.45, 2.75) is 31.6 Å². The Labute approximate surface area is 106 Å². The maximum absolute atomic E-state index is 12.9. The van der Waals surface area contributed by atoms with Gasteiger partial charge < -0.3 is 12.9 Å². The van der Waals surface area contributed by atoms with Crippen LogP contribution in [0, 0.1) is 0 Å². The molecular weight excluding hydrogens is 238 g/mol. The minimum absolute atomic E-state index is 0.226. The first-order valence-corrected chi connectivity index (χ1v) is 6.36. The molecule has 0 aromatic heterocycles. The van der Waals surface area contributed by atoms with Crippen LogP contribution in [0.3, 0.4) is 0 Å². The van der Waals surface area contributed by atoms with Gasteiger partial charge in [0.2, 0.25) is 0 Å². The monoisotopic (exact) mass is 256 g/mol. The lowest BCUT2D eigenvalue weighted by Crippen LogP contribution is -2.44. The highest BCUT2D eigenvalue weighted by Crippen LogP contribution is 2.49. The van der Waals surface area contributed by atoms with Gasteiger partial charge in [0.25, 0.3) is 0 Å². The first kappa shape index (κ1) is 13.5. The van der Waals surface area contributed by atoms with E-state index in [2.05, 4.69) is 4.90 Å². The number of rotatable bonds is 3. The smallest absolute Gasteiger partial charge is 0.449 e. The van der Waals surface area contributed by atoms with Crippen molar-refractivity contribution in [2.24, 2.45) is 0 Å². The summed E-state index contributed by atoms with van der Waals surface area (Å²) in [5, 5.41) is -1.44. The molecule has 1 fully saturated rings. The maximum atomic E-state index is 12.9. The van der Waals surface area contributed by atoms with Crippen molar-refractivity contribution in [3.8, 4) is 0 Å². The summed E-state index contributed by atoms with van der Waals surface area (Å²) in [7, 11) is 0. The van der Waals surface area contributed by atoms with Crippen molar-refractivity contribution in [3.05, 3.63) is 35.9 Å². The third kappa shape index (κ3) is 2.89. The highest BCUT2D eigenvalue weighted by molar-refractivity contribution is 6.62. The topological polar surface area (TPSA) is 3.24 Å². The molecule has 1 aromatic rings. The van der Waals surface area contributed by atoms with Gasteiger partial charge in [-0.3, -0.25) is 4.90 Å². The van der Waals surface area contributed by atoms with Gasteiger partial charge >= 0.3 is 6.98 Å². The average Bonchev–Trinajstić information content (AvgIpc) is 2.32. The van der Waals surface area contributed by atoms with Gasteiger partial charge in [0.05, 0.1) is 0 Å². The molecule has 0 N–H and O–H groups in total. The van der Waals surface area contributed by atoms with Crippen LogP contribution in [-0.2, 0) is 6.54 Å². The molecule has 1 nitrogen and oxygen atoms in total. The summed E-state index contributed by atoms with van der Waals surface area (Å²) in [6, 6.07) is 9.90. The first-order chi connectivity index (χ1) is 8.41. The molecule has 0 unspecified atom stereocenters. The van der Waals surface area contributed by atoms with E-state index in [1.807, 2.05) is 30.3 Å². The maximum Gasteiger partial charge on any atom is 0.484 e. The molecule has 0 aliphatic carbocycles.